The van der Waals surface area contributed by atoms with Crippen molar-refractivity contribution < 1.29 is 9.53 Å². The molecule has 0 amide bonds. The first-order valence-electron chi connectivity index (χ1n) is 10.6. The van der Waals surface area contributed by atoms with Gasteiger partial charge in [0.25, 0.3) is 0 Å². The van der Waals surface area contributed by atoms with Crippen molar-refractivity contribution in [1.82, 2.24) is 0 Å². The van der Waals surface area contributed by atoms with Gasteiger partial charge in [0.2, 0.25) is 0 Å². The minimum Gasteiger partial charge on any atom is -0.411 e. The third kappa shape index (κ3) is 2.64. The molecule has 3 aliphatic rings. The quantitative estimate of drug-likeness (QED) is 0.465. The summed E-state index contributed by atoms with van der Waals surface area (Å²) in [6, 6.07) is 0. The van der Waals surface area contributed by atoms with Crippen molar-refractivity contribution in [2.75, 3.05) is 0 Å². The van der Waals surface area contributed by atoms with Crippen molar-refractivity contribution >= 4 is 8.32 Å². The minimum atomic E-state index is -1.80. The van der Waals surface area contributed by atoms with Gasteiger partial charge in [-0.25, -0.2) is 0 Å². The van der Waals surface area contributed by atoms with Gasteiger partial charge in [0.1, 0.15) is 0 Å². The van der Waals surface area contributed by atoms with Crippen LogP contribution in [-0.2, 0) is 4.43 Å². The fourth-order valence-electron chi connectivity index (χ4n) is 5.91. The summed E-state index contributed by atoms with van der Waals surface area (Å²) in [7, 11) is -1.80. The predicted octanol–water partition coefficient (Wildman–Crippen LogP) is 6.23. The number of fused-ring (bicyclic) bond motifs is 2. The van der Waals surface area contributed by atoms with Crippen LogP contribution in [0.3, 0.4) is 0 Å². The average molecular weight is 377 g/mol. The van der Waals surface area contributed by atoms with Crippen LogP contribution >= 0.6 is 0 Å². The van der Waals surface area contributed by atoms with Gasteiger partial charge in [-0.2, -0.15) is 0 Å². The molecule has 0 heterocycles. The van der Waals surface area contributed by atoms with Gasteiger partial charge in [-0.05, 0) is 73.6 Å². The van der Waals surface area contributed by atoms with Crippen LogP contribution < -0.4 is 0 Å². The SMILES string of the molecule is C=C[C@@]12CC[C@@H](C[C@]1(O)C1=C[C@@H](O[Si](C)(C)C(C)(C)C)CCC1)C2(C)C. The molecule has 2 fully saturated rings. The smallest absolute Gasteiger partial charge is 0.192 e. The Morgan fingerprint density at radius 1 is 1.27 bits per heavy atom. The summed E-state index contributed by atoms with van der Waals surface area (Å²) in [4.78, 5) is 0. The first kappa shape index (κ1) is 20.4. The monoisotopic (exact) mass is 376 g/mol. The van der Waals surface area contributed by atoms with Gasteiger partial charge in [0.15, 0.2) is 8.32 Å². The highest BCUT2D eigenvalue weighted by Gasteiger charge is 2.70. The van der Waals surface area contributed by atoms with Crippen LogP contribution in [0.2, 0.25) is 18.1 Å². The summed E-state index contributed by atoms with van der Waals surface area (Å²) in [5, 5.41) is 12.2. The Morgan fingerprint density at radius 2 is 1.92 bits per heavy atom. The molecule has 2 bridgehead atoms. The Hall–Kier alpha value is -0.383. The molecule has 0 aliphatic heterocycles. The molecule has 0 saturated heterocycles. The molecule has 0 spiro atoms. The van der Waals surface area contributed by atoms with Gasteiger partial charge in [-0.15, -0.1) is 6.58 Å². The topological polar surface area (TPSA) is 29.5 Å². The summed E-state index contributed by atoms with van der Waals surface area (Å²) in [6.07, 6.45) is 11.0. The minimum absolute atomic E-state index is 0.123. The zero-order valence-corrected chi connectivity index (χ0v) is 19.1. The molecule has 0 aromatic rings. The van der Waals surface area contributed by atoms with E-state index in [0.29, 0.717) is 5.92 Å². The molecule has 0 aromatic heterocycles. The number of aliphatic hydroxyl groups is 1. The van der Waals surface area contributed by atoms with E-state index in [1.54, 1.807) is 0 Å². The normalized spacial score (nSPS) is 39.8. The van der Waals surface area contributed by atoms with Crippen LogP contribution in [0, 0.1) is 16.7 Å². The molecule has 3 heteroatoms. The standard InChI is InChI=1S/C23H40O2Si/c1-9-22-14-13-18(21(22,5)6)16-23(22,24)17-11-10-12-19(15-17)25-26(7,8)20(2,3)4/h9,15,18-19,24H,1,10-14,16H2,2-8H3/t18-,19-,22-,23-/m0/s1. The highest BCUT2D eigenvalue weighted by atomic mass is 28.4. The van der Waals surface area contributed by atoms with Crippen LogP contribution in [0.25, 0.3) is 0 Å². The van der Waals surface area contributed by atoms with Crippen molar-refractivity contribution in [3.8, 4) is 0 Å². The first-order valence-corrected chi connectivity index (χ1v) is 13.5. The van der Waals surface area contributed by atoms with Crippen molar-refractivity contribution in [3.63, 3.8) is 0 Å². The molecule has 26 heavy (non-hydrogen) atoms. The van der Waals surface area contributed by atoms with E-state index >= 15 is 0 Å². The lowest BCUT2D eigenvalue weighted by atomic mass is 9.60. The molecular formula is C23H40O2Si. The molecule has 1 N–H and O–H groups in total. The zero-order valence-electron chi connectivity index (χ0n) is 18.1. The van der Waals surface area contributed by atoms with E-state index in [-0.39, 0.29) is 22.0 Å². The van der Waals surface area contributed by atoms with E-state index in [9.17, 15) is 5.11 Å². The number of hydrogen-bond donors (Lipinski definition) is 1. The highest BCUT2D eigenvalue weighted by Crippen LogP contribution is 2.72. The Morgan fingerprint density at radius 3 is 2.46 bits per heavy atom. The van der Waals surface area contributed by atoms with E-state index in [1.165, 1.54) is 12.0 Å². The van der Waals surface area contributed by atoms with E-state index in [4.69, 9.17) is 4.43 Å². The largest absolute Gasteiger partial charge is 0.411 e. The van der Waals surface area contributed by atoms with Crippen LogP contribution in [0.5, 0.6) is 0 Å². The molecule has 2 nitrogen and oxygen atoms in total. The second kappa shape index (κ2) is 6.06. The summed E-state index contributed by atoms with van der Waals surface area (Å²) >= 11 is 0. The van der Waals surface area contributed by atoms with Crippen LogP contribution in [-0.4, -0.2) is 25.1 Å². The molecule has 0 unspecified atom stereocenters. The maximum absolute atomic E-state index is 12.0. The van der Waals surface area contributed by atoms with Gasteiger partial charge in [0, 0.05) is 5.41 Å². The Balaban J connectivity index is 1.92. The summed E-state index contributed by atoms with van der Waals surface area (Å²) < 4.78 is 6.70. The fourth-order valence-corrected chi connectivity index (χ4v) is 7.21. The molecule has 3 rings (SSSR count). The third-order valence-corrected chi connectivity index (χ3v) is 13.3. The number of hydrogen-bond acceptors (Lipinski definition) is 2. The van der Waals surface area contributed by atoms with E-state index in [2.05, 4.69) is 66.4 Å². The summed E-state index contributed by atoms with van der Waals surface area (Å²) in [5.74, 6) is 0.591. The van der Waals surface area contributed by atoms with Crippen molar-refractivity contribution in [1.29, 1.82) is 0 Å². The van der Waals surface area contributed by atoms with Gasteiger partial charge >= 0.3 is 0 Å². The Kier molecular flexibility index (Phi) is 4.74. The van der Waals surface area contributed by atoms with Crippen LogP contribution in [0.1, 0.15) is 73.1 Å². The fraction of sp³-hybridized carbons (Fsp3) is 0.826. The third-order valence-electron chi connectivity index (χ3n) is 8.79. The van der Waals surface area contributed by atoms with Crippen LogP contribution in [0.4, 0.5) is 0 Å². The molecule has 4 atom stereocenters. The van der Waals surface area contributed by atoms with Gasteiger partial charge in [-0.1, -0.05) is 46.8 Å². The summed E-state index contributed by atoms with van der Waals surface area (Å²) in [6.45, 7) is 20.4. The van der Waals surface area contributed by atoms with E-state index in [1.807, 2.05) is 0 Å². The lowest BCUT2D eigenvalue weighted by Crippen LogP contribution is -2.50. The maximum atomic E-state index is 12.0. The lowest BCUT2D eigenvalue weighted by molar-refractivity contribution is -0.0447. The van der Waals surface area contributed by atoms with E-state index in [0.717, 1.165) is 32.1 Å². The molecule has 148 valence electrons. The van der Waals surface area contributed by atoms with Crippen molar-refractivity contribution in [2.45, 2.75) is 103 Å². The van der Waals surface area contributed by atoms with Crippen LogP contribution in [0.15, 0.2) is 24.3 Å². The Bertz CT molecular complexity index is 612. The molecule has 2 saturated carbocycles. The Labute approximate surface area is 162 Å². The average Bonchev–Trinajstić information content (AvgIpc) is 2.87. The van der Waals surface area contributed by atoms with Crippen molar-refractivity contribution in [2.24, 2.45) is 16.7 Å². The van der Waals surface area contributed by atoms with Crippen molar-refractivity contribution in [3.05, 3.63) is 24.3 Å². The second-order valence-electron chi connectivity index (χ2n) is 11.2. The maximum Gasteiger partial charge on any atom is 0.192 e. The van der Waals surface area contributed by atoms with Gasteiger partial charge in [-0.3, -0.25) is 0 Å². The van der Waals surface area contributed by atoms with E-state index < -0.39 is 13.9 Å². The molecule has 3 aliphatic carbocycles. The summed E-state index contributed by atoms with van der Waals surface area (Å²) in [5.41, 5.74) is 0.450. The highest BCUT2D eigenvalue weighted by molar-refractivity contribution is 6.74. The lowest BCUT2D eigenvalue weighted by Gasteiger charge is -2.48. The first-order chi connectivity index (χ1) is 11.8. The number of rotatable bonds is 4. The predicted molar refractivity (Wildman–Crippen MR) is 113 cm³/mol. The molecule has 0 aromatic carbocycles. The molecular weight excluding hydrogens is 336 g/mol. The van der Waals surface area contributed by atoms with Gasteiger partial charge < -0.3 is 9.53 Å². The molecule has 0 radical (unpaired) electrons. The second-order valence-corrected chi connectivity index (χ2v) is 16.0. The zero-order chi connectivity index (χ0) is 19.6. The van der Waals surface area contributed by atoms with Gasteiger partial charge in [0.05, 0.1) is 11.7 Å².